The van der Waals surface area contributed by atoms with Crippen LogP contribution in [-0.4, -0.2) is 15.8 Å². The molecule has 0 spiro atoms. The van der Waals surface area contributed by atoms with Gasteiger partial charge < -0.3 is 10.6 Å². The lowest BCUT2D eigenvalue weighted by atomic mass is 9.86. The van der Waals surface area contributed by atoms with Crippen molar-refractivity contribution in [3.05, 3.63) is 99.8 Å². The summed E-state index contributed by atoms with van der Waals surface area (Å²) in [5.41, 5.74) is 3.62. The molecular formula is C23H20ClN5O. The molecule has 1 atom stereocenters. The number of fused-ring (bicyclic) bond motifs is 1. The number of rotatable bonds is 4. The van der Waals surface area contributed by atoms with Crippen LogP contribution in [0.2, 0.25) is 5.02 Å². The normalized spacial score (nSPS) is 15.2. The first-order valence-corrected chi connectivity index (χ1v) is 10.1. The molecule has 2 N–H and O–H groups in total. The molecule has 0 saturated carbocycles. The first-order chi connectivity index (χ1) is 14.6. The van der Waals surface area contributed by atoms with Gasteiger partial charge in [0.25, 0.3) is 0 Å². The summed E-state index contributed by atoms with van der Waals surface area (Å²) in [5, 5.41) is 11.1. The van der Waals surface area contributed by atoms with Gasteiger partial charge in [-0.05, 0) is 30.2 Å². The monoisotopic (exact) mass is 417 g/mol. The molecule has 1 unspecified atom stereocenters. The van der Waals surface area contributed by atoms with Crippen LogP contribution in [0.3, 0.4) is 0 Å². The highest BCUT2D eigenvalue weighted by Crippen LogP contribution is 2.45. The summed E-state index contributed by atoms with van der Waals surface area (Å²) in [6, 6.07) is 16.3. The van der Waals surface area contributed by atoms with E-state index in [0.29, 0.717) is 28.6 Å². The Hall–Kier alpha value is -3.56. The fourth-order valence-corrected chi connectivity index (χ4v) is 3.92. The molecule has 7 heteroatoms. The van der Waals surface area contributed by atoms with Crippen molar-refractivity contribution in [2.75, 3.05) is 10.6 Å². The molecule has 1 aromatic heterocycles. The van der Waals surface area contributed by atoms with Gasteiger partial charge in [0.15, 0.2) is 5.70 Å². The highest BCUT2D eigenvalue weighted by molar-refractivity contribution is 6.31. The molecule has 1 aliphatic heterocycles. The third-order valence-electron chi connectivity index (χ3n) is 5.01. The zero-order valence-electron chi connectivity index (χ0n) is 16.4. The smallest absolute Gasteiger partial charge is 0.348 e. The molecule has 1 amide bonds. The summed E-state index contributed by atoms with van der Waals surface area (Å²) in [4.78, 5) is 16.8. The number of aromatic nitrogens is 2. The van der Waals surface area contributed by atoms with E-state index in [1.165, 1.54) is 4.68 Å². The van der Waals surface area contributed by atoms with Crippen LogP contribution in [0.15, 0.2) is 72.2 Å². The largest absolute Gasteiger partial charge is 0.353 e. The van der Waals surface area contributed by atoms with Gasteiger partial charge in [-0.15, -0.1) is 0 Å². The van der Waals surface area contributed by atoms with Crippen molar-refractivity contribution >= 4 is 29.1 Å². The van der Waals surface area contributed by atoms with Gasteiger partial charge in [-0.3, -0.25) is 0 Å². The van der Waals surface area contributed by atoms with Crippen LogP contribution in [0.1, 0.15) is 36.8 Å². The molecule has 0 fully saturated rings. The van der Waals surface area contributed by atoms with Gasteiger partial charge in [-0.2, -0.15) is 9.78 Å². The maximum absolute atomic E-state index is 12.9. The molecule has 2 aromatic carbocycles. The number of nitrogens with zero attached hydrogens (tertiary/aromatic N) is 3. The number of halogens is 1. The van der Waals surface area contributed by atoms with Crippen molar-refractivity contribution in [1.29, 1.82) is 0 Å². The number of benzene rings is 2. The van der Waals surface area contributed by atoms with E-state index < -0.39 is 0 Å². The lowest BCUT2D eigenvalue weighted by Gasteiger charge is -2.27. The van der Waals surface area contributed by atoms with Crippen molar-refractivity contribution in [3.63, 3.8) is 0 Å². The van der Waals surface area contributed by atoms with Gasteiger partial charge in [0, 0.05) is 22.0 Å². The van der Waals surface area contributed by atoms with E-state index in [1.54, 1.807) is 6.20 Å². The minimum Gasteiger partial charge on any atom is -0.353 e. The molecule has 0 radical (unpaired) electrons. The first-order valence-electron chi connectivity index (χ1n) is 9.70. The van der Waals surface area contributed by atoms with E-state index in [-0.39, 0.29) is 11.9 Å². The van der Waals surface area contributed by atoms with Gasteiger partial charge in [-0.25, -0.2) is 9.64 Å². The summed E-state index contributed by atoms with van der Waals surface area (Å²) in [7, 11) is 0. The number of hydrogen-bond acceptors (Lipinski definition) is 3. The second kappa shape index (κ2) is 8.44. The van der Waals surface area contributed by atoms with Crippen LogP contribution in [-0.2, 0) is 0 Å². The molecule has 150 valence electrons. The van der Waals surface area contributed by atoms with E-state index in [2.05, 4.69) is 27.5 Å². The molecule has 30 heavy (non-hydrogen) atoms. The summed E-state index contributed by atoms with van der Waals surface area (Å²) in [6.07, 6.45) is 3.18. The van der Waals surface area contributed by atoms with Gasteiger partial charge >= 0.3 is 6.03 Å². The molecule has 2 heterocycles. The van der Waals surface area contributed by atoms with Crippen LogP contribution in [0, 0.1) is 6.57 Å². The molecule has 4 rings (SSSR count). The Bertz CT molecular complexity index is 1160. The number of nitrogens with one attached hydrogen (secondary N) is 2. The maximum atomic E-state index is 12.9. The molecule has 0 saturated heterocycles. The topological polar surface area (TPSA) is 63.3 Å². The Morgan fingerprint density at radius 1 is 1.20 bits per heavy atom. The zero-order valence-corrected chi connectivity index (χ0v) is 17.1. The molecule has 0 aliphatic carbocycles. The minimum atomic E-state index is -0.382. The fraction of sp³-hybridized carbons (Fsp3) is 0.174. The summed E-state index contributed by atoms with van der Waals surface area (Å²) < 4.78 is 1.31. The van der Waals surface area contributed by atoms with Gasteiger partial charge in [0.05, 0.1) is 18.7 Å². The number of carbonyl (C=O) groups is 1. The van der Waals surface area contributed by atoms with Crippen LogP contribution in [0.5, 0.6) is 0 Å². The van der Waals surface area contributed by atoms with Gasteiger partial charge in [-0.1, -0.05) is 61.3 Å². The zero-order chi connectivity index (χ0) is 21.1. The second-order valence-corrected chi connectivity index (χ2v) is 7.37. The van der Waals surface area contributed by atoms with Crippen molar-refractivity contribution in [3.8, 4) is 0 Å². The predicted octanol–water partition coefficient (Wildman–Crippen LogP) is 6.11. The number of anilines is 2. The van der Waals surface area contributed by atoms with Gasteiger partial charge in [0.2, 0.25) is 0 Å². The quantitative estimate of drug-likeness (QED) is 0.504. The molecule has 3 aromatic rings. The average Bonchev–Trinajstić information content (AvgIpc) is 3.18. The average molecular weight is 418 g/mol. The Labute approximate surface area is 180 Å². The van der Waals surface area contributed by atoms with E-state index in [4.69, 9.17) is 18.2 Å². The highest BCUT2D eigenvalue weighted by atomic mass is 35.5. The third kappa shape index (κ3) is 3.56. The van der Waals surface area contributed by atoms with E-state index >= 15 is 0 Å². The first kappa shape index (κ1) is 19.7. The van der Waals surface area contributed by atoms with Crippen LogP contribution < -0.4 is 10.6 Å². The number of para-hydroxylation sites is 1. The lowest BCUT2D eigenvalue weighted by Crippen LogP contribution is -2.25. The summed E-state index contributed by atoms with van der Waals surface area (Å²) in [6.45, 7) is 9.87. The summed E-state index contributed by atoms with van der Waals surface area (Å²) in [5.74, 6) is 0.177. The van der Waals surface area contributed by atoms with Crippen molar-refractivity contribution < 1.29 is 4.79 Å². The predicted molar refractivity (Wildman–Crippen MR) is 119 cm³/mol. The molecule has 0 bridgehead atoms. The second-order valence-electron chi connectivity index (χ2n) is 6.96. The molecular weight excluding hydrogens is 398 g/mol. The number of hydrogen-bond donors (Lipinski definition) is 2. The van der Waals surface area contributed by atoms with E-state index in [9.17, 15) is 4.79 Å². The van der Waals surface area contributed by atoms with Crippen molar-refractivity contribution in [1.82, 2.24) is 9.78 Å². The molecule has 6 nitrogen and oxygen atoms in total. The standard InChI is InChI=1S/C23H20ClN5O/c1-3-9-19-21(25-2)20(16-12-7-8-13-18(16)24)17-14-26-29(22(17)28-19)23(30)27-15-10-5-4-6-11-15/h4-8,10-14,20,28H,3,9H2,1H3,(H,27,30). The van der Waals surface area contributed by atoms with E-state index in [0.717, 1.165) is 23.2 Å². The number of allylic oxidation sites excluding steroid dienone is 2. The Morgan fingerprint density at radius 2 is 1.93 bits per heavy atom. The number of amides is 1. The SMILES string of the molecule is [C-]#[N+]C1=C(CCC)Nc2c(cnn2C(=O)Nc2ccccc2)C1c1ccccc1Cl. The molecule has 1 aliphatic rings. The highest BCUT2D eigenvalue weighted by Gasteiger charge is 2.34. The Morgan fingerprint density at radius 3 is 2.63 bits per heavy atom. The summed E-state index contributed by atoms with van der Waals surface area (Å²) >= 11 is 6.50. The maximum Gasteiger partial charge on any atom is 0.348 e. The lowest BCUT2D eigenvalue weighted by molar-refractivity contribution is 0.251. The third-order valence-corrected chi connectivity index (χ3v) is 5.36. The van der Waals surface area contributed by atoms with Crippen molar-refractivity contribution in [2.24, 2.45) is 0 Å². The van der Waals surface area contributed by atoms with Crippen molar-refractivity contribution in [2.45, 2.75) is 25.7 Å². The van der Waals surface area contributed by atoms with Crippen LogP contribution >= 0.6 is 11.6 Å². The Balaban J connectivity index is 1.80. The minimum absolute atomic E-state index is 0.380. The van der Waals surface area contributed by atoms with E-state index in [1.807, 2.05) is 54.6 Å². The van der Waals surface area contributed by atoms with Crippen LogP contribution in [0.25, 0.3) is 4.85 Å². The fourth-order valence-electron chi connectivity index (χ4n) is 3.67. The number of carbonyl (C=O) groups excluding carboxylic acids is 1. The van der Waals surface area contributed by atoms with Crippen LogP contribution in [0.4, 0.5) is 16.3 Å². The Kier molecular flexibility index (Phi) is 5.55. The van der Waals surface area contributed by atoms with Gasteiger partial charge in [0.1, 0.15) is 5.82 Å².